The van der Waals surface area contributed by atoms with Gasteiger partial charge in [0.25, 0.3) is 0 Å². The third kappa shape index (κ3) is 7.98. The molecule has 0 saturated heterocycles. The summed E-state index contributed by atoms with van der Waals surface area (Å²) in [7, 11) is -2.79. The van der Waals surface area contributed by atoms with Crippen molar-refractivity contribution in [2.45, 2.75) is 51.6 Å². The van der Waals surface area contributed by atoms with Gasteiger partial charge in [0, 0.05) is 18.6 Å². The minimum absolute atomic E-state index is 0.00167. The minimum atomic E-state index is -4.21. The highest BCUT2D eigenvalue weighted by atomic mass is 35.5. The Hall–Kier alpha value is -2.16. The molecule has 0 heterocycles. The Morgan fingerprint density at radius 1 is 1.06 bits per heavy atom. The SMILES string of the molecule is COc1ccc(CN(CC(C)C)C(=O)NC(C)(C)C)cc1OS(=O)(=O)c1ccc(Cl)c(Cl)c1. The van der Waals surface area contributed by atoms with Crippen molar-refractivity contribution in [2.24, 2.45) is 5.92 Å². The Morgan fingerprint density at radius 2 is 1.73 bits per heavy atom. The molecule has 2 rings (SSSR count). The van der Waals surface area contributed by atoms with Gasteiger partial charge < -0.3 is 19.1 Å². The largest absolute Gasteiger partial charge is 0.493 e. The average Bonchev–Trinajstić information content (AvgIpc) is 2.67. The van der Waals surface area contributed by atoms with E-state index in [1.807, 2.05) is 34.6 Å². The maximum atomic E-state index is 12.8. The van der Waals surface area contributed by atoms with Crippen molar-refractivity contribution in [3.63, 3.8) is 0 Å². The van der Waals surface area contributed by atoms with E-state index in [0.717, 1.165) is 0 Å². The van der Waals surface area contributed by atoms with Gasteiger partial charge in [0.15, 0.2) is 11.5 Å². The van der Waals surface area contributed by atoms with Gasteiger partial charge in [-0.1, -0.05) is 43.1 Å². The second-order valence-corrected chi connectivity index (χ2v) is 11.4. The van der Waals surface area contributed by atoms with Crippen LogP contribution in [-0.4, -0.2) is 38.5 Å². The number of methoxy groups -OCH3 is 1. The lowest BCUT2D eigenvalue weighted by Gasteiger charge is -2.30. The second kappa shape index (κ2) is 10.8. The molecule has 10 heteroatoms. The number of hydrogen-bond acceptors (Lipinski definition) is 5. The van der Waals surface area contributed by atoms with Crippen LogP contribution in [0.2, 0.25) is 10.0 Å². The highest BCUT2D eigenvalue weighted by molar-refractivity contribution is 7.87. The average molecular weight is 517 g/mol. The molecule has 2 aromatic carbocycles. The van der Waals surface area contributed by atoms with Crippen molar-refractivity contribution in [1.82, 2.24) is 10.2 Å². The molecule has 0 fully saturated rings. The summed E-state index contributed by atoms with van der Waals surface area (Å²) in [6.07, 6.45) is 0. The summed E-state index contributed by atoms with van der Waals surface area (Å²) in [6, 6.07) is 8.60. The lowest BCUT2D eigenvalue weighted by molar-refractivity contribution is 0.179. The van der Waals surface area contributed by atoms with Crippen LogP contribution >= 0.6 is 23.2 Å². The number of benzene rings is 2. The Balaban J connectivity index is 2.35. The van der Waals surface area contributed by atoms with Crippen molar-refractivity contribution in [3.05, 3.63) is 52.0 Å². The molecule has 0 aliphatic rings. The Labute approximate surface area is 206 Å². The summed E-state index contributed by atoms with van der Waals surface area (Å²) in [5.41, 5.74) is 0.286. The molecule has 33 heavy (non-hydrogen) atoms. The third-order valence-corrected chi connectivity index (χ3v) is 6.30. The van der Waals surface area contributed by atoms with E-state index < -0.39 is 15.7 Å². The number of rotatable bonds is 8. The van der Waals surface area contributed by atoms with E-state index in [1.54, 1.807) is 23.1 Å². The lowest BCUT2D eigenvalue weighted by Crippen LogP contribution is -2.49. The van der Waals surface area contributed by atoms with E-state index in [-0.39, 0.29) is 44.9 Å². The monoisotopic (exact) mass is 516 g/mol. The quantitative estimate of drug-likeness (QED) is 0.452. The van der Waals surface area contributed by atoms with Gasteiger partial charge in [0.1, 0.15) is 4.90 Å². The number of ether oxygens (including phenoxy) is 1. The predicted molar refractivity (Wildman–Crippen MR) is 131 cm³/mol. The molecular formula is C23H30Cl2N2O5S. The Bertz CT molecular complexity index is 1100. The van der Waals surface area contributed by atoms with Gasteiger partial charge in [-0.25, -0.2) is 4.79 Å². The van der Waals surface area contributed by atoms with Gasteiger partial charge in [-0.2, -0.15) is 8.42 Å². The van der Waals surface area contributed by atoms with Crippen molar-refractivity contribution < 1.29 is 22.1 Å². The molecule has 2 amide bonds. The van der Waals surface area contributed by atoms with Crippen LogP contribution in [0.15, 0.2) is 41.3 Å². The number of carbonyl (C=O) groups is 1. The van der Waals surface area contributed by atoms with E-state index in [4.69, 9.17) is 32.1 Å². The third-order valence-electron chi connectivity index (χ3n) is 4.34. The standard InChI is InChI=1S/C23H30Cl2N2O5S/c1-15(2)13-27(22(28)26-23(3,4)5)14-16-7-10-20(31-6)21(11-16)32-33(29,30)17-8-9-18(24)19(25)12-17/h7-12,15H,13-14H2,1-6H3,(H,26,28). The predicted octanol–water partition coefficient (Wildman–Crippen LogP) is 5.74. The van der Waals surface area contributed by atoms with Crippen molar-refractivity contribution in [2.75, 3.05) is 13.7 Å². The number of amides is 2. The van der Waals surface area contributed by atoms with E-state index in [2.05, 4.69) is 5.32 Å². The van der Waals surface area contributed by atoms with Crippen LogP contribution in [0.4, 0.5) is 4.79 Å². The number of hydrogen-bond donors (Lipinski definition) is 1. The molecule has 0 saturated carbocycles. The molecule has 7 nitrogen and oxygen atoms in total. The Kier molecular flexibility index (Phi) is 8.90. The molecule has 2 aromatic rings. The van der Waals surface area contributed by atoms with Crippen molar-refractivity contribution in [3.8, 4) is 11.5 Å². The van der Waals surface area contributed by atoms with Crippen LogP contribution in [0, 0.1) is 5.92 Å². The number of urea groups is 1. The second-order valence-electron chi connectivity index (χ2n) is 9.05. The molecule has 0 atom stereocenters. The Morgan fingerprint density at radius 3 is 2.27 bits per heavy atom. The molecule has 0 spiro atoms. The smallest absolute Gasteiger partial charge is 0.339 e. The normalized spacial score (nSPS) is 11.9. The van der Waals surface area contributed by atoms with E-state index in [9.17, 15) is 13.2 Å². The molecule has 0 radical (unpaired) electrons. The van der Waals surface area contributed by atoms with Crippen molar-refractivity contribution in [1.29, 1.82) is 0 Å². The van der Waals surface area contributed by atoms with E-state index >= 15 is 0 Å². The van der Waals surface area contributed by atoms with Crippen LogP contribution in [0.25, 0.3) is 0 Å². The summed E-state index contributed by atoms with van der Waals surface area (Å²) in [6.45, 7) is 10.5. The highest BCUT2D eigenvalue weighted by Crippen LogP contribution is 2.33. The van der Waals surface area contributed by atoms with Crippen LogP contribution in [-0.2, 0) is 16.7 Å². The summed E-state index contributed by atoms with van der Waals surface area (Å²) in [4.78, 5) is 14.4. The molecule has 0 unspecified atom stereocenters. The zero-order chi connectivity index (χ0) is 25.0. The first-order valence-electron chi connectivity index (χ1n) is 10.4. The fraction of sp³-hybridized carbons (Fsp3) is 0.435. The first kappa shape index (κ1) is 27.1. The molecule has 0 aliphatic heterocycles. The summed E-state index contributed by atoms with van der Waals surface area (Å²) < 4.78 is 36.3. The molecular weight excluding hydrogens is 487 g/mol. The number of halogens is 2. The topological polar surface area (TPSA) is 84.9 Å². The van der Waals surface area contributed by atoms with E-state index in [0.29, 0.717) is 12.1 Å². The maximum absolute atomic E-state index is 12.8. The van der Waals surface area contributed by atoms with Gasteiger partial charge in [0.05, 0.1) is 17.2 Å². The van der Waals surface area contributed by atoms with Gasteiger partial charge in [-0.15, -0.1) is 0 Å². The summed E-state index contributed by atoms with van der Waals surface area (Å²) >= 11 is 11.8. The fourth-order valence-electron chi connectivity index (χ4n) is 2.96. The van der Waals surface area contributed by atoms with Gasteiger partial charge in [0.2, 0.25) is 0 Å². The van der Waals surface area contributed by atoms with E-state index in [1.165, 1.54) is 25.3 Å². The van der Waals surface area contributed by atoms with Gasteiger partial charge in [-0.3, -0.25) is 0 Å². The van der Waals surface area contributed by atoms with Crippen LogP contribution in [0.3, 0.4) is 0 Å². The summed E-state index contributed by atoms with van der Waals surface area (Å²) in [5, 5.41) is 3.29. The highest BCUT2D eigenvalue weighted by Gasteiger charge is 2.23. The molecule has 182 valence electrons. The zero-order valence-corrected chi connectivity index (χ0v) is 21.9. The van der Waals surface area contributed by atoms with Gasteiger partial charge in [-0.05, 0) is 62.6 Å². The van der Waals surface area contributed by atoms with Crippen molar-refractivity contribution >= 4 is 39.4 Å². The van der Waals surface area contributed by atoms with Crippen LogP contribution in [0.1, 0.15) is 40.2 Å². The van der Waals surface area contributed by atoms with Gasteiger partial charge >= 0.3 is 16.1 Å². The summed E-state index contributed by atoms with van der Waals surface area (Å²) in [5.74, 6) is 0.471. The first-order valence-corrected chi connectivity index (χ1v) is 12.5. The first-order chi connectivity index (χ1) is 15.2. The van der Waals surface area contributed by atoms with Crippen LogP contribution in [0.5, 0.6) is 11.5 Å². The molecule has 0 aromatic heterocycles. The lowest BCUT2D eigenvalue weighted by atomic mass is 10.1. The maximum Gasteiger partial charge on any atom is 0.339 e. The van der Waals surface area contributed by atoms with Crippen LogP contribution < -0.4 is 14.2 Å². The number of carbonyl (C=O) groups excluding carboxylic acids is 1. The fourth-order valence-corrected chi connectivity index (χ4v) is 4.29. The minimum Gasteiger partial charge on any atom is -0.493 e. The number of nitrogens with zero attached hydrogens (tertiary/aromatic N) is 1. The molecule has 1 N–H and O–H groups in total. The molecule has 0 bridgehead atoms. The molecule has 0 aliphatic carbocycles. The number of nitrogens with one attached hydrogen (secondary N) is 1. The zero-order valence-electron chi connectivity index (χ0n) is 19.6.